The summed E-state index contributed by atoms with van der Waals surface area (Å²) in [6.45, 7) is 1.45. The van der Waals surface area contributed by atoms with Gasteiger partial charge in [-0.25, -0.2) is 13.2 Å². The Bertz CT molecular complexity index is 1250. The molecule has 0 unspecified atom stereocenters. The zero-order chi connectivity index (χ0) is 26.0. The molecule has 3 rings (SSSR count). The third kappa shape index (κ3) is 8.26. The Morgan fingerprint density at radius 1 is 0.889 bits per heavy atom. The van der Waals surface area contributed by atoms with Crippen LogP contribution in [0.1, 0.15) is 6.92 Å². The van der Waals surface area contributed by atoms with Crippen molar-refractivity contribution < 1.29 is 32.2 Å². The number of benzene rings is 3. The van der Waals surface area contributed by atoms with Crippen LogP contribution < -0.4 is 19.5 Å². The predicted molar refractivity (Wildman–Crippen MR) is 135 cm³/mol. The number of anilines is 1. The second kappa shape index (κ2) is 12.9. The molecule has 1 amide bonds. The Morgan fingerprint density at radius 3 is 2.17 bits per heavy atom. The van der Waals surface area contributed by atoms with E-state index in [1.807, 2.05) is 0 Å². The number of esters is 1. The Hall–Kier alpha value is -3.60. The van der Waals surface area contributed by atoms with Gasteiger partial charge in [-0.05, 0) is 67.6 Å². The van der Waals surface area contributed by atoms with Crippen molar-refractivity contribution in [2.24, 2.45) is 0 Å². The van der Waals surface area contributed by atoms with Gasteiger partial charge in [-0.2, -0.15) is 4.72 Å². The monoisotopic (exact) mass is 532 g/mol. The largest absolute Gasteiger partial charge is 0.491 e. The van der Waals surface area contributed by atoms with Gasteiger partial charge in [0.15, 0.2) is 6.61 Å². The summed E-state index contributed by atoms with van der Waals surface area (Å²) in [5.74, 6) is -0.259. The lowest BCUT2D eigenvalue weighted by molar-refractivity contribution is -0.145. The molecule has 36 heavy (non-hydrogen) atoms. The van der Waals surface area contributed by atoms with Crippen molar-refractivity contribution in [3.63, 3.8) is 0 Å². The van der Waals surface area contributed by atoms with E-state index >= 15 is 0 Å². The predicted octanol–water partition coefficient (Wildman–Crippen LogP) is 3.65. The third-order valence-electron chi connectivity index (χ3n) is 4.68. The molecule has 0 spiro atoms. The smallest absolute Gasteiger partial charge is 0.344 e. The maximum Gasteiger partial charge on any atom is 0.344 e. The minimum absolute atomic E-state index is 0.0486. The lowest BCUT2D eigenvalue weighted by atomic mass is 10.2. The van der Waals surface area contributed by atoms with E-state index in [4.69, 9.17) is 25.8 Å². The highest BCUT2D eigenvalue weighted by atomic mass is 35.5. The highest BCUT2D eigenvalue weighted by molar-refractivity contribution is 7.89. The average molecular weight is 533 g/mol. The lowest BCUT2D eigenvalue weighted by Crippen LogP contribution is -2.47. The van der Waals surface area contributed by atoms with Gasteiger partial charge in [-0.1, -0.05) is 29.8 Å². The topological polar surface area (TPSA) is 120 Å². The van der Waals surface area contributed by atoms with Gasteiger partial charge in [0.05, 0.1) is 11.5 Å². The number of carbonyl (C=O) groups excluding carboxylic acids is 2. The molecule has 0 fully saturated rings. The van der Waals surface area contributed by atoms with Crippen molar-refractivity contribution in [3.8, 4) is 11.5 Å². The number of hydrogen-bond acceptors (Lipinski definition) is 7. The Balaban J connectivity index is 1.70. The van der Waals surface area contributed by atoms with Crippen molar-refractivity contribution in [2.45, 2.75) is 17.9 Å². The first-order valence-corrected chi connectivity index (χ1v) is 12.8. The fourth-order valence-corrected chi connectivity index (χ4v) is 4.24. The number of ether oxygens (including phenoxy) is 3. The molecule has 11 heteroatoms. The van der Waals surface area contributed by atoms with E-state index < -0.39 is 27.9 Å². The third-order valence-corrected chi connectivity index (χ3v) is 6.42. The molecule has 3 aromatic carbocycles. The molecule has 0 saturated carbocycles. The highest BCUT2D eigenvalue weighted by Gasteiger charge is 2.27. The first-order chi connectivity index (χ1) is 17.3. The molecule has 190 valence electrons. The molecule has 0 aliphatic heterocycles. The van der Waals surface area contributed by atoms with Gasteiger partial charge in [0, 0.05) is 10.7 Å². The van der Waals surface area contributed by atoms with Gasteiger partial charge in [-0.3, -0.25) is 4.79 Å². The zero-order valence-corrected chi connectivity index (χ0v) is 20.9. The van der Waals surface area contributed by atoms with Crippen LogP contribution in [-0.2, 0) is 24.3 Å². The van der Waals surface area contributed by atoms with Crippen LogP contribution in [0.3, 0.4) is 0 Å². The molecule has 2 N–H and O–H groups in total. The SMILES string of the molecule is CCOC(=O)COc1ccc(NC(=O)[C@H](COc2ccccc2)NS(=O)(=O)c2ccc(Cl)cc2)cc1. The van der Waals surface area contributed by atoms with Gasteiger partial charge in [-0.15, -0.1) is 0 Å². The van der Waals surface area contributed by atoms with E-state index in [1.165, 1.54) is 24.3 Å². The summed E-state index contributed by atoms with van der Waals surface area (Å²) < 4.78 is 44.0. The number of nitrogens with one attached hydrogen (secondary N) is 2. The zero-order valence-electron chi connectivity index (χ0n) is 19.3. The molecule has 9 nitrogen and oxygen atoms in total. The van der Waals surface area contributed by atoms with Crippen molar-refractivity contribution >= 4 is 39.2 Å². The fourth-order valence-electron chi connectivity index (χ4n) is 2.94. The van der Waals surface area contributed by atoms with Crippen LogP contribution in [0.2, 0.25) is 5.02 Å². The Kier molecular flexibility index (Phi) is 9.69. The molecule has 0 aliphatic carbocycles. The van der Waals surface area contributed by atoms with E-state index in [1.54, 1.807) is 61.5 Å². The average Bonchev–Trinajstić information content (AvgIpc) is 2.87. The number of sulfonamides is 1. The van der Waals surface area contributed by atoms with Crippen molar-refractivity contribution in [2.75, 3.05) is 25.1 Å². The summed E-state index contributed by atoms with van der Waals surface area (Å²) >= 11 is 5.85. The van der Waals surface area contributed by atoms with E-state index in [2.05, 4.69) is 10.0 Å². The summed E-state index contributed by atoms with van der Waals surface area (Å²) in [5, 5.41) is 3.04. The van der Waals surface area contributed by atoms with E-state index in [-0.39, 0.29) is 24.7 Å². The minimum atomic E-state index is -4.06. The van der Waals surface area contributed by atoms with E-state index in [0.717, 1.165) is 0 Å². The molecule has 0 aliphatic rings. The van der Waals surface area contributed by atoms with Crippen LogP contribution in [0, 0.1) is 0 Å². The highest BCUT2D eigenvalue weighted by Crippen LogP contribution is 2.18. The maximum atomic E-state index is 13.0. The number of carbonyl (C=O) groups is 2. The van der Waals surface area contributed by atoms with Crippen LogP contribution >= 0.6 is 11.6 Å². The first kappa shape index (κ1) is 27.0. The summed E-state index contributed by atoms with van der Waals surface area (Å²) in [6, 6.07) is 19.2. The van der Waals surface area contributed by atoms with Crippen LogP contribution in [0.4, 0.5) is 5.69 Å². The van der Waals surface area contributed by atoms with Gasteiger partial charge in [0.1, 0.15) is 24.1 Å². The molecule has 0 aromatic heterocycles. The van der Waals surface area contributed by atoms with E-state index in [9.17, 15) is 18.0 Å². The molecule has 0 bridgehead atoms. The number of halogens is 1. The number of hydrogen-bond donors (Lipinski definition) is 2. The van der Waals surface area contributed by atoms with Crippen LogP contribution in [-0.4, -0.2) is 46.2 Å². The number of para-hydroxylation sites is 1. The van der Waals surface area contributed by atoms with Crippen LogP contribution in [0.25, 0.3) is 0 Å². The Morgan fingerprint density at radius 2 is 1.53 bits per heavy atom. The molecular formula is C25H25ClN2O7S. The molecule has 0 saturated heterocycles. The van der Waals surface area contributed by atoms with Crippen LogP contribution in [0.15, 0.2) is 83.8 Å². The fraction of sp³-hybridized carbons (Fsp3) is 0.200. The quantitative estimate of drug-likeness (QED) is 0.342. The normalized spacial score (nSPS) is 11.8. The standard InChI is InChI=1S/C25H25ClN2O7S/c1-2-33-24(29)17-35-21-12-10-19(11-13-21)27-25(30)23(16-34-20-6-4-3-5-7-20)28-36(31,32)22-14-8-18(26)9-15-22/h3-15,23,28H,2,16-17H2,1H3,(H,27,30)/t23-/m0/s1. The van der Waals surface area contributed by atoms with Gasteiger partial charge >= 0.3 is 5.97 Å². The number of rotatable bonds is 12. The van der Waals surface area contributed by atoms with E-state index in [0.29, 0.717) is 22.2 Å². The first-order valence-electron chi connectivity index (χ1n) is 10.9. The second-order valence-corrected chi connectivity index (χ2v) is 9.51. The Labute approximate surface area is 214 Å². The second-order valence-electron chi connectivity index (χ2n) is 7.36. The number of amides is 1. The summed E-state index contributed by atoms with van der Waals surface area (Å²) in [7, 11) is -4.06. The molecule has 0 radical (unpaired) electrons. The minimum Gasteiger partial charge on any atom is -0.491 e. The summed E-state index contributed by atoms with van der Waals surface area (Å²) in [5.41, 5.74) is 0.388. The maximum absolute atomic E-state index is 13.0. The van der Waals surface area contributed by atoms with Crippen molar-refractivity contribution in [1.82, 2.24) is 4.72 Å². The van der Waals surface area contributed by atoms with Gasteiger partial charge in [0.2, 0.25) is 15.9 Å². The summed E-state index contributed by atoms with van der Waals surface area (Å²) in [6.07, 6.45) is 0. The van der Waals surface area contributed by atoms with Crippen molar-refractivity contribution in [3.05, 3.63) is 83.9 Å². The molecular weight excluding hydrogens is 508 g/mol. The lowest BCUT2D eigenvalue weighted by Gasteiger charge is -2.19. The molecule has 1 atom stereocenters. The van der Waals surface area contributed by atoms with Crippen molar-refractivity contribution in [1.29, 1.82) is 0 Å². The van der Waals surface area contributed by atoms with Crippen LogP contribution in [0.5, 0.6) is 11.5 Å². The van der Waals surface area contributed by atoms with Gasteiger partial charge < -0.3 is 19.5 Å². The summed E-state index contributed by atoms with van der Waals surface area (Å²) in [4.78, 5) is 24.4. The van der Waals surface area contributed by atoms with Gasteiger partial charge in [0.25, 0.3) is 0 Å². The molecule has 3 aromatic rings. The molecule has 0 heterocycles.